The van der Waals surface area contributed by atoms with Gasteiger partial charge in [0, 0.05) is 6.42 Å². The van der Waals surface area contributed by atoms with Crippen molar-refractivity contribution in [3.05, 3.63) is 29.8 Å². The molecule has 116 valence electrons. The number of hydrogen-bond acceptors (Lipinski definition) is 3. The van der Waals surface area contributed by atoms with E-state index in [4.69, 9.17) is 10.5 Å². The fourth-order valence-electron chi connectivity index (χ4n) is 2.85. The number of carboxylic acids is 1. The van der Waals surface area contributed by atoms with Crippen molar-refractivity contribution in [1.82, 2.24) is 0 Å². The Kier molecular flexibility index (Phi) is 4.88. The van der Waals surface area contributed by atoms with E-state index in [0.717, 1.165) is 25.0 Å². The van der Waals surface area contributed by atoms with E-state index in [1.165, 1.54) is 5.56 Å². The van der Waals surface area contributed by atoms with Crippen molar-refractivity contribution in [3.8, 4) is 5.75 Å². The van der Waals surface area contributed by atoms with Gasteiger partial charge in [0.05, 0.1) is 0 Å². The Balaban J connectivity index is 2.00. The fourth-order valence-corrected chi connectivity index (χ4v) is 2.85. The molecule has 1 aromatic rings. The summed E-state index contributed by atoms with van der Waals surface area (Å²) in [6, 6.07) is 8.10. The van der Waals surface area contributed by atoms with Crippen LogP contribution >= 0.6 is 0 Å². The van der Waals surface area contributed by atoms with E-state index in [9.17, 15) is 9.90 Å². The average Bonchev–Trinajstić information content (AvgIpc) is 2.47. The van der Waals surface area contributed by atoms with E-state index >= 15 is 0 Å². The van der Waals surface area contributed by atoms with E-state index in [0.29, 0.717) is 18.8 Å². The first kappa shape index (κ1) is 15.8. The lowest BCUT2D eigenvalue weighted by Gasteiger charge is -2.34. The van der Waals surface area contributed by atoms with Crippen LogP contribution in [0.25, 0.3) is 0 Å². The van der Waals surface area contributed by atoms with Gasteiger partial charge < -0.3 is 15.6 Å². The summed E-state index contributed by atoms with van der Waals surface area (Å²) >= 11 is 0. The molecule has 0 radical (unpaired) electrons. The largest absolute Gasteiger partial charge is 0.490 e. The van der Waals surface area contributed by atoms with Crippen molar-refractivity contribution in [1.29, 1.82) is 0 Å². The van der Waals surface area contributed by atoms with Crippen LogP contribution < -0.4 is 10.5 Å². The Morgan fingerprint density at radius 2 is 2.14 bits per heavy atom. The van der Waals surface area contributed by atoms with Crippen LogP contribution in [-0.4, -0.2) is 22.7 Å². The second-order valence-electron chi connectivity index (χ2n) is 6.18. The molecule has 1 saturated carbocycles. The fraction of sp³-hybridized carbons (Fsp3) is 0.588. The lowest BCUT2D eigenvalue weighted by Crippen LogP contribution is -2.53. The maximum Gasteiger partial charge on any atom is 0.323 e. The second kappa shape index (κ2) is 6.48. The molecule has 1 fully saturated rings. The van der Waals surface area contributed by atoms with Gasteiger partial charge >= 0.3 is 5.97 Å². The van der Waals surface area contributed by atoms with Crippen molar-refractivity contribution in [3.63, 3.8) is 0 Å². The highest BCUT2D eigenvalue weighted by atomic mass is 16.5. The molecule has 0 spiro atoms. The number of carboxylic acid groups (broad SMARTS) is 1. The van der Waals surface area contributed by atoms with Gasteiger partial charge in [-0.15, -0.1) is 0 Å². The van der Waals surface area contributed by atoms with Gasteiger partial charge in [0.1, 0.15) is 17.4 Å². The number of aliphatic carboxylic acids is 1. The molecule has 0 aliphatic heterocycles. The van der Waals surface area contributed by atoms with Gasteiger partial charge in [-0.05, 0) is 49.3 Å². The van der Waals surface area contributed by atoms with Crippen LogP contribution in [0.5, 0.6) is 5.75 Å². The van der Waals surface area contributed by atoms with E-state index in [1.807, 2.05) is 12.1 Å². The summed E-state index contributed by atoms with van der Waals surface area (Å²) in [4.78, 5) is 11.2. The number of nitrogens with two attached hydrogens (primary N) is 1. The molecule has 0 amide bonds. The smallest absolute Gasteiger partial charge is 0.323 e. The van der Waals surface area contributed by atoms with E-state index in [2.05, 4.69) is 26.0 Å². The molecule has 4 heteroatoms. The number of hydrogen-bond donors (Lipinski definition) is 2. The SMILES string of the molecule is CCC(C)c1ccc(OC2CCCC(N)(C(=O)O)C2)cc1. The Labute approximate surface area is 126 Å². The maximum atomic E-state index is 11.2. The first-order chi connectivity index (χ1) is 9.94. The highest BCUT2D eigenvalue weighted by molar-refractivity contribution is 5.78. The van der Waals surface area contributed by atoms with E-state index in [-0.39, 0.29) is 6.10 Å². The third kappa shape index (κ3) is 3.76. The zero-order valence-corrected chi connectivity index (χ0v) is 12.8. The van der Waals surface area contributed by atoms with E-state index in [1.54, 1.807) is 0 Å². The molecule has 3 unspecified atom stereocenters. The normalized spacial score (nSPS) is 27.1. The van der Waals surface area contributed by atoms with Crippen LogP contribution in [0.1, 0.15) is 57.4 Å². The molecule has 0 heterocycles. The van der Waals surface area contributed by atoms with E-state index < -0.39 is 11.5 Å². The average molecular weight is 291 g/mol. The Hall–Kier alpha value is -1.55. The Morgan fingerprint density at radius 1 is 1.48 bits per heavy atom. The summed E-state index contributed by atoms with van der Waals surface area (Å²) in [5, 5.41) is 9.23. The van der Waals surface area contributed by atoms with Gasteiger partial charge in [-0.25, -0.2) is 0 Å². The molecule has 0 bridgehead atoms. The van der Waals surface area contributed by atoms with Crippen LogP contribution in [-0.2, 0) is 4.79 Å². The zero-order valence-electron chi connectivity index (χ0n) is 12.8. The summed E-state index contributed by atoms with van der Waals surface area (Å²) in [6.07, 6.45) is 3.54. The molecule has 21 heavy (non-hydrogen) atoms. The molecule has 1 aliphatic rings. The summed E-state index contributed by atoms with van der Waals surface area (Å²) in [5.41, 5.74) is 6.11. The quantitative estimate of drug-likeness (QED) is 0.873. The first-order valence-electron chi connectivity index (χ1n) is 7.73. The molecule has 3 N–H and O–H groups in total. The minimum absolute atomic E-state index is 0.116. The molecule has 1 aromatic carbocycles. The molecule has 4 nitrogen and oxygen atoms in total. The molecule has 3 atom stereocenters. The summed E-state index contributed by atoms with van der Waals surface area (Å²) in [6.45, 7) is 4.37. The van der Waals surface area contributed by atoms with Crippen LogP contribution in [0, 0.1) is 0 Å². The van der Waals surface area contributed by atoms with Gasteiger partial charge in [0.15, 0.2) is 0 Å². The van der Waals surface area contributed by atoms with Crippen LogP contribution in [0.4, 0.5) is 0 Å². The first-order valence-corrected chi connectivity index (χ1v) is 7.73. The molecular weight excluding hydrogens is 266 g/mol. The minimum atomic E-state index is -1.14. The number of rotatable bonds is 5. The van der Waals surface area contributed by atoms with Gasteiger partial charge in [0.25, 0.3) is 0 Å². The predicted octanol–water partition coefficient (Wildman–Crippen LogP) is 3.30. The Morgan fingerprint density at radius 3 is 2.71 bits per heavy atom. The zero-order chi connectivity index (χ0) is 15.5. The van der Waals surface area contributed by atoms with Crippen molar-refractivity contribution in [2.24, 2.45) is 5.73 Å². The maximum absolute atomic E-state index is 11.2. The number of carbonyl (C=O) groups is 1. The molecule has 1 aliphatic carbocycles. The number of benzene rings is 1. The third-order valence-corrected chi connectivity index (χ3v) is 4.53. The number of ether oxygens (including phenoxy) is 1. The van der Waals surface area contributed by atoms with Crippen LogP contribution in [0.2, 0.25) is 0 Å². The van der Waals surface area contributed by atoms with Gasteiger partial charge in [-0.3, -0.25) is 4.79 Å². The van der Waals surface area contributed by atoms with Crippen molar-refractivity contribution >= 4 is 5.97 Å². The minimum Gasteiger partial charge on any atom is -0.490 e. The lowest BCUT2D eigenvalue weighted by molar-refractivity contribution is -0.145. The predicted molar refractivity (Wildman–Crippen MR) is 82.6 cm³/mol. The van der Waals surface area contributed by atoms with Gasteiger partial charge in [-0.2, -0.15) is 0 Å². The van der Waals surface area contributed by atoms with Crippen LogP contribution in [0.3, 0.4) is 0 Å². The van der Waals surface area contributed by atoms with Gasteiger partial charge in [-0.1, -0.05) is 26.0 Å². The third-order valence-electron chi connectivity index (χ3n) is 4.53. The monoisotopic (exact) mass is 291 g/mol. The molecule has 0 saturated heterocycles. The van der Waals surface area contributed by atoms with Crippen molar-refractivity contribution < 1.29 is 14.6 Å². The highest BCUT2D eigenvalue weighted by Crippen LogP contribution is 2.30. The highest BCUT2D eigenvalue weighted by Gasteiger charge is 2.40. The summed E-state index contributed by atoms with van der Waals surface area (Å²) in [5.74, 6) is 0.405. The molecular formula is C17H25NO3. The van der Waals surface area contributed by atoms with Crippen LogP contribution in [0.15, 0.2) is 24.3 Å². The topological polar surface area (TPSA) is 72.5 Å². The molecule has 2 rings (SSSR count). The Bertz CT molecular complexity index is 485. The second-order valence-corrected chi connectivity index (χ2v) is 6.18. The van der Waals surface area contributed by atoms with Gasteiger partial charge in [0.2, 0.25) is 0 Å². The lowest BCUT2D eigenvalue weighted by atomic mass is 9.81. The summed E-state index contributed by atoms with van der Waals surface area (Å²) < 4.78 is 5.93. The van der Waals surface area contributed by atoms with Crippen molar-refractivity contribution in [2.45, 2.75) is 63.5 Å². The summed E-state index contributed by atoms with van der Waals surface area (Å²) in [7, 11) is 0. The standard InChI is InChI=1S/C17H25NO3/c1-3-12(2)13-6-8-14(9-7-13)21-15-5-4-10-17(18,11-15)16(19)20/h6-9,12,15H,3-5,10-11,18H2,1-2H3,(H,19,20). The van der Waals surface area contributed by atoms with Crippen molar-refractivity contribution in [2.75, 3.05) is 0 Å². The molecule has 0 aromatic heterocycles.